The number of carboxylic acid groups (broad SMARTS) is 1. The van der Waals surface area contributed by atoms with Crippen LogP contribution >= 0.6 is 0 Å². The van der Waals surface area contributed by atoms with Crippen molar-refractivity contribution in [3.05, 3.63) is 64.7 Å². The minimum atomic E-state index is -3.89. The van der Waals surface area contributed by atoms with Gasteiger partial charge >= 0.3 is 5.97 Å². The van der Waals surface area contributed by atoms with E-state index in [2.05, 4.69) is 0 Å². The molecule has 0 spiro atoms. The molecule has 0 fully saturated rings. The van der Waals surface area contributed by atoms with Gasteiger partial charge < -0.3 is 5.11 Å². The molecular formula is C19H23NO4S. The summed E-state index contributed by atoms with van der Waals surface area (Å²) in [4.78, 5) is 11.8. The molecular weight excluding hydrogens is 338 g/mol. The van der Waals surface area contributed by atoms with Crippen LogP contribution < -0.4 is 0 Å². The van der Waals surface area contributed by atoms with Gasteiger partial charge in [-0.1, -0.05) is 47.0 Å². The largest absolute Gasteiger partial charge is 0.480 e. The van der Waals surface area contributed by atoms with Gasteiger partial charge in [0.15, 0.2) is 0 Å². The lowest BCUT2D eigenvalue weighted by Gasteiger charge is -2.24. The predicted octanol–water partition coefficient (Wildman–Crippen LogP) is 2.93. The quantitative estimate of drug-likeness (QED) is 0.858. The number of likely N-dealkylation sites (N-methyl/N-ethyl adjacent to an activating group) is 1. The van der Waals surface area contributed by atoms with Crippen LogP contribution in [-0.4, -0.2) is 36.9 Å². The van der Waals surface area contributed by atoms with Crippen LogP contribution in [0.4, 0.5) is 0 Å². The lowest BCUT2D eigenvalue weighted by atomic mass is 10.0. The molecule has 134 valence electrons. The minimum Gasteiger partial charge on any atom is -0.480 e. The fraction of sp³-hybridized carbons (Fsp3) is 0.316. The number of carboxylic acids is 1. The van der Waals surface area contributed by atoms with Crippen LogP contribution in [0.3, 0.4) is 0 Å². The Hall–Kier alpha value is -2.18. The van der Waals surface area contributed by atoms with Crippen molar-refractivity contribution in [3.63, 3.8) is 0 Å². The Morgan fingerprint density at radius 3 is 2.00 bits per heavy atom. The SMILES string of the molecule is Cc1ccc(S(=O)(=O)N(C)[C@H](Cc2cc(C)cc(C)c2)C(=O)O)cc1. The van der Waals surface area contributed by atoms with Gasteiger partial charge in [0.05, 0.1) is 4.90 Å². The zero-order valence-electron chi connectivity index (χ0n) is 14.9. The van der Waals surface area contributed by atoms with Crippen LogP contribution in [0.2, 0.25) is 0 Å². The van der Waals surface area contributed by atoms with E-state index >= 15 is 0 Å². The fourth-order valence-electron chi connectivity index (χ4n) is 2.83. The number of carbonyl (C=O) groups is 1. The molecule has 0 aliphatic rings. The summed E-state index contributed by atoms with van der Waals surface area (Å²) in [6.07, 6.45) is 0.111. The Kier molecular flexibility index (Phi) is 5.65. The number of aliphatic carboxylic acids is 1. The van der Waals surface area contributed by atoms with Gasteiger partial charge in [-0.2, -0.15) is 4.31 Å². The lowest BCUT2D eigenvalue weighted by Crippen LogP contribution is -2.43. The first-order valence-corrected chi connectivity index (χ1v) is 9.40. The zero-order valence-corrected chi connectivity index (χ0v) is 15.7. The van der Waals surface area contributed by atoms with Crippen molar-refractivity contribution < 1.29 is 18.3 Å². The third-order valence-electron chi connectivity index (χ3n) is 4.13. The third kappa shape index (κ3) is 4.46. The van der Waals surface area contributed by atoms with E-state index < -0.39 is 22.0 Å². The smallest absolute Gasteiger partial charge is 0.322 e. The Labute approximate surface area is 149 Å². The molecule has 6 heteroatoms. The van der Waals surface area contributed by atoms with Crippen molar-refractivity contribution in [2.45, 2.75) is 38.1 Å². The average molecular weight is 361 g/mol. The van der Waals surface area contributed by atoms with Gasteiger partial charge in [0.1, 0.15) is 6.04 Å². The summed E-state index contributed by atoms with van der Waals surface area (Å²) >= 11 is 0. The molecule has 0 unspecified atom stereocenters. The fourth-order valence-corrected chi connectivity index (χ4v) is 4.14. The van der Waals surface area contributed by atoms with Crippen LogP contribution in [-0.2, 0) is 21.2 Å². The second kappa shape index (κ2) is 7.37. The normalized spacial score (nSPS) is 13.0. The summed E-state index contributed by atoms with van der Waals surface area (Å²) in [5, 5.41) is 9.59. The van der Waals surface area contributed by atoms with E-state index in [9.17, 15) is 18.3 Å². The first kappa shape index (κ1) is 19.1. The van der Waals surface area contributed by atoms with Crippen molar-refractivity contribution in [2.24, 2.45) is 0 Å². The molecule has 2 rings (SSSR count). The summed E-state index contributed by atoms with van der Waals surface area (Å²) < 4.78 is 26.5. The topological polar surface area (TPSA) is 74.7 Å². The molecule has 0 aliphatic heterocycles. The highest BCUT2D eigenvalue weighted by atomic mass is 32.2. The summed E-state index contributed by atoms with van der Waals surface area (Å²) in [5.74, 6) is -1.17. The van der Waals surface area contributed by atoms with Gasteiger partial charge in [0.2, 0.25) is 10.0 Å². The van der Waals surface area contributed by atoms with Crippen LogP contribution in [0.5, 0.6) is 0 Å². The van der Waals surface area contributed by atoms with Crippen LogP contribution in [0.1, 0.15) is 22.3 Å². The molecule has 2 aromatic rings. The second-order valence-electron chi connectivity index (χ2n) is 6.39. The van der Waals surface area contributed by atoms with Gasteiger partial charge in [-0.3, -0.25) is 4.79 Å². The van der Waals surface area contributed by atoms with E-state index in [0.29, 0.717) is 0 Å². The molecule has 1 N–H and O–H groups in total. The molecule has 5 nitrogen and oxygen atoms in total. The number of rotatable bonds is 6. The van der Waals surface area contributed by atoms with E-state index in [1.54, 1.807) is 12.1 Å². The number of hydrogen-bond acceptors (Lipinski definition) is 3. The molecule has 0 radical (unpaired) electrons. The summed E-state index contributed by atoms with van der Waals surface area (Å²) in [5.41, 5.74) is 3.77. The number of hydrogen-bond donors (Lipinski definition) is 1. The molecule has 0 saturated heterocycles. The Morgan fingerprint density at radius 1 is 1.00 bits per heavy atom. The Bertz CT molecular complexity index is 853. The van der Waals surface area contributed by atoms with Crippen molar-refractivity contribution >= 4 is 16.0 Å². The van der Waals surface area contributed by atoms with E-state index in [1.165, 1.54) is 19.2 Å². The average Bonchev–Trinajstić information content (AvgIpc) is 2.51. The van der Waals surface area contributed by atoms with Gasteiger partial charge in [0, 0.05) is 7.05 Å². The standard InChI is InChI=1S/C19H23NO4S/c1-13-5-7-17(8-6-13)25(23,24)20(4)18(19(21)22)12-16-10-14(2)9-15(3)11-16/h5-11,18H,12H2,1-4H3,(H,21,22)/t18-/m1/s1. The molecule has 0 aromatic heterocycles. The van der Waals surface area contributed by atoms with Crippen LogP contribution in [0.15, 0.2) is 47.4 Å². The van der Waals surface area contributed by atoms with Crippen molar-refractivity contribution in [1.29, 1.82) is 0 Å². The van der Waals surface area contributed by atoms with Crippen molar-refractivity contribution in [3.8, 4) is 0 Å². The molecule has 0 saturated carbocycles. The highest BCUT2D eigenvalue weighted by molar-refractivity contribution is 7.89. The van der Waals surface area contributed by atoms with Crippen molar-refractivity contribution in [2.75, 3.05) is 7.05 Å². The van der Waals surface area contributed by atoms with E-state index in [1.807, 2.05) is 39.0 Å². The van der Waals surface area contributed by atoms with E-state index in [4.69, 9.17) is 0 Å². The van der Waals surface area contributed by atoms with Gasteiger partial charge in [0.25, 0.3) is 0 Å². The third-order valence-corrected chi connectivity index (χ3v) is 6.01. The molecule has 0 heterocycles. The Morgan fingerprint density at radius 2 is 1.52 bits per heavy atom. The molecule has 1 atom stereocenters. The number of sulfonamides is 1. The maximum Gasteiger partial charge on any atom is 0.322 e. The summed E-state index contributed by atoms with van der Waals surface area (Å²) in [7, 11) is -2.57. The molecule has 2 aromatic carbocycles. The minimum absolute atomic E-state index is 0.0901. The molecule has 25 heavy (non-hydrogen) atoms. The van der Waals surface area contributed by atoms with E-state index in [-0.39, 0.29) is 11.3 Å². The predicted molar refractivity (Wildman–Crippen MR) is 97.2 cm³/mol. The van der Waals surface area contributed by atoms with Crippen LogP contribution in [0, 0.1) is 20.8 Å². The maximum atomic E-state index is 12.8. The summed E-state index contributed by atoms with van der Waals surface area (Å²) in [6.45, 7) is 5.72. The first-order valence-electron chi connectivity index (χ1n) is 7.96. The molecule has 0 bridgehead atoms. The highest BCUT2D eigenvalue weighted by Crippen LogP contribution is 2.20. The molecule has 0 aliphatic carbocycles. The Balaban J connectivity index is 2.35. The lowest BCUT2D eigenvalue weighted by molar-refractivity contribution is -0.141. The first-order chi connectivity index (χ1) is 11.6. The summed E-state index contributed by atoms with van der Waals surface area (Å²) in [6, 6.07) is 11.0. The van der Waals surface area contributed by atoms with Gasteiger partial charge in [-0.05, 0) is 44.9 Å². The maximum absolute atomic E-state index is 12.8. The van der Waals surface area contributed by atoms with Gasteiger partial charge in [-0.25, -0.2) is 8.42 Å². The van der Waals surface area contributed by atoms with Crippen molar-refractivity contribution in [1.82, 2.24) is 4.31 Å². The second-order valence-corrected chi connectivity index (χ2v) is 8.39. The molecule has 0 amide bonds. The van der Waals surface area contributed by atoms with Crippen LogP contribution in [0.25, 0.3) is 0 Å². The number of nitrogens with zero attached hydrogens (tertiary/aromatic N) is 1. The monoisotopic (exact) mass is 361 g/mol. The van der Waals surface area contributed by atoms with Gasteiger partial charge in [-0.15, -0.1) is 0 Å². The van der Waals surface area contributed by atoms with E-state index in [0.717, 1.165) is 26.6 Å². The number of aryl methyl sites for hydroxylation is 3. The highest BCUT2D eigenvalue weighted by Gasteiger charge is 2.33. The zero-order chi connectivity index (χ0) is 18.8. The number of benzene rings is 2.